The Morgan fingerprint density at radius 3 is 2.32 bits per heavy atom. The van der Waals surface area contributed by atoms with Gasteiger partial charge in [-0.25, -0.2) is 0 Å². The van der Waals surface area contributed by atoms with Gasteiger partial charge in [0.05, 0.1) is 10.6 Å². The van der Waals surface area contributed by atoms with Crippen molar-refractivity contribution in [3.8, 4) is 5.69 Å². The molecule has 1 saturated heterocycles. The maximum Gasteiger partial charge on any atom is 0.270 e. The average molecular weight is 406 g/mol. The highest BCUT2D eigenvalue weighted by Crippen LogP contribution is 2.36. The van der Waals surface area contributed by atoms with Gasteiger partial charge in [-0.1, -0.05) is 42.2 Å². The van der Waals surface area contributed by atoms with E-state index in [0.717, 1.165) is 22.8 Å². The first-order valence-electron chi connectivity index (χ1n) is 8.83. The number of hydrogen-bond donors (Lipinski definition) is 0. The molecular weight excluding hydrogens is 386 g/mol. The zero-order chi connectivity index (χ0) is 19.7. The van der Waals surface area contributed by atoms with Crippen molar-refractivity contribution in [1.29, 1.82) is 0 Å². The van der Waals surface area contributed by atoms with Crippen molar-refractivity contribution in [2.45, 2.75) is 0 Å². The van der Waals surface area contributed by atoms with E-state index in [1.165, 1.54) is 11.8 Å². The van der Waals surface area contributed by atoms with Gasteiger partial charge in [-0.05, 0) is 54.6 Å². The molecule has 0 saturated carbocycles. The van der Waals surface area contributed by atoms with Crippen LogP contribution in [-0.2, 0) is 4.79 Å². The average Bonchev–Trinajstić information content (AvgIpc) is 3.27. The summed E-state index contributed by atoms with van der Waals surface area (Å²) >= 11 is 6.79. The Kier molecular flexibility index (Phi) is 5.07. The third-order valence-electron chi connectivity index (χ3n) is 4.51. The smallest absolute Gasteiger partial charge is 0.270 e. The summed E-state index contributed by atoms with van der Waals surface area (Å²) < 4.78 is 2.62. The molecular formula is C22H19N3OS2. The topological polar surface area (TPSA) is 28.5 Å². The maximum atomic E-state index is 12.9. The first-order valence-corrected chi connectivity index (χ1v) is 10.1. The Labute approximate surface area is 174 Å². The number of thiocarbonyl (C=S) groups is 1. The molecule has 6 heteroatoms. The number of carbonyl (C=O) groups is 1. The third kappa shape index (κ3) is 3.48. The van der Waals surface area contributed by atoms with Crippen molar-refractivity contribution in [2.24, 2.45) is 0 Å². The fraction of sp³-hybridized carbons (Fsp3) is 0.0909. The van der Waals surface area contributed by atoms with Crippen LogP contribution in [0.3, 0.4) is 0 Å². The summed E-state index contributed by atoms with van der Waals surface area (Å²) in [5, 5.41) is 0. The van der Waals surface area contributed by atoms with Crippen LogP contribution in [0, 0.1) is 0 Å². The largest absolute Gasteiger partial charge is 0.378 e. The van der Waals surface area contributed by atoms with E-state index >= 15 is 0 Å². The lowest BCUT2D eigenvalue weighted by Crippen LogP contribution is -2.27. The number of nitrogens with zero attached hydrogens (tertiary/aromatic N) is 3. The van der Waals surface area contributed by atoms with Gasteiger partial charge in [0.15, 0.2) is 4.32 Å². The Morgan fingerprint density at radius 2 is 1.64 bits per heavy atom. The summed E-state index contributed by atoms with van der Waals surface area (Å²) in [4.78, 5) is 17.2. The van der Waals surface area contributed by atoms with Gasteiger partial charge < -0.3 is 9.47 Å². The first-order chi connectivity index (χ1) is 13.5. The molecule has 1 amide bonds. The molecule has 0 unspecified atom stereocenters. The number of rotatable bonds is 4. The number of benzene rings is 2. The van der Waals surface area contributed by atoms with E-state index in [2.05, 4.69) is 33.7 Å². The molecule has 4 rings (SSSR count). The fourth-order valence-electron chi connectivity index (χ4n) is 3.06. The molecule has 1 fully saturated rings. The van der Waals surface area contributed by atoms with Crippen molar-refractivity contribution < 1.29 is 4.79 Å². The van der Waals surface area contributed by atoms with Crippen molar-refractivity contribution in [2.75, 3.05) is 23.9 Å². The Bertz CT molecular complexity index is 1050. The molecule has 1 aliphatic heterocycles. The minimum Gasteiger partial charge on any atom is -0.378 e. The Hall–Kier alpha value is -2.83. The normalized spacial score (nSPS) is 15.5. The zero-order valence-electron chi connectivity index (χ0n) is 15.6. The van der Waals surface area contributed by atoms with E-state index in [4.69, 9.17) is 12.2 Å². The van der Waals surface area contributed by atoms with Crippen LogP contribution in [0.25, 0.3) is 11.8 Å². The molecule has 2 aromatic carbocycles. The van der Waals surface area contributed by atoms with Gasteiger partial charge in [-0.15, -0.1) is 0 Å². The lowest BCUT2D eigenvalue weighted by atomic mass is 10.2. The van der Waals surface area contributed by atoms with E-state index < -0.39 is 0 Å². The number of amides is 1. The van der Waals surface area contributed by atoms with Crippen LogP contribution in [0.4, 0.5) is 11.4 Å². The van der Waals surface area contributed by atoms with Crippen LogP contribution < -0.4 is 9.80 Å². The van der Waals surface area contributed by atoms with Crippen molar-refractivity contribution in [1.82, 2.24) is 4.57 Å². The molecule has 28 heavy (non-hydrogen) atoms. The molecule has 0 N–H and O–H groups in total. The number of para-hydroxylation sites is 1. The van der Waals surface area contributed by atoms with Crippen LogP contribution in [0.15, 0.2) is 77.8 Å². The summed E-state index contributed by atoms with van der Waals surface area (Å²) in [6.45, 7) is 0. The predicted octanol–water partition coefficient (Wildman–Crippen LogP) is 4.95. The minimum atomic E-state index is -0.0862. The van der Waals surface area contributed by atoms with E-state index in [1.807, 2.05) is 68.8 Å². The van der Waals surface area contributed by atoms with Crippen LogP contribution in [0.1, 0.15) is 5.69 Å². The summed E-state index contributed by atoms with van der Waals surface area (Å²) in [5.74, 6) is -0.0862. The number of anilines is 2. The van der Waals surface area contributed by atoms with Gasteiger partial charge >= 0.3 is 0 Å². The summed E-state index contributed by atoms with van der Waals surface area (Å²) in [6.07, 6.45) is 3.90. The lowest BCUT2D eigenvalue weighted by molar-refractivity contribution is -0.113. The van der Waals surface area contributed by atoms with Crippen LogP contribution in [0.5, 0.6) is 0 Å². The first kappa shape index (κ1) is 18.5. The van der Waals surface area contributed by atoms with Crippen LogP contribution >= 0.6 is 24.0 Å². The molecule has 4 nitrogen and oxygen atoms in total. The third-order valence-corrected chi connectivity index (χ3v) is 5.81. The van der Waals surface area contributed by atoms with E-state index in [0.29, 0.717) is 9.23 Å². The van der Waals surface area contributed by atoms with Gasteiger partial charge in [-0.2, -0.15) is 0 Å². The summed E-state index contributed by atoms with van der Waals surface area (Å²) in [7, 11) is 4.04. The second-order valence-electron chi connectivity index (χ2n) is 6.57. The van der Waals surface area contributed by atoms with E-state index in [9.17, 15) is 4.79 Å². The predicted molar refractivity (Wildman–Crippen MR) is 122 cm³/mol. The quantitative estimate of drug-likeness (QED) is 0.454. The number of aromatic nitrogens is 1. The summed E-state index contributed by atoms with van der Waals surface area (Å²) in [5.41, 5.74) is 3.91. The Morgan fingerprint density at radius 1 is 0.929 bits per heavy atom. The second kappa shape index (κ2) is 7.66. The van der Waals surface area contributed by atoms with E-state index in [1.54, 1.807) is 4.90 Å². The maximum absolute atomic E-state index is 12.9. The minimum absolute atomic E-state index is 0.0862. The number of carbonyl (C=O) groups excluding carboxylic acids is 1. The molecule has 0 aliphatic carbocycles. The Balaban J connectivity index is 1.65. The fourth-order valence-corrected chi connectivity index (χ4v) is 4.34. The number of thioether (sulfide) groups is 1. The molecule has 3 aromatic rings. The molecule has 0 atom stereocenters. The second-order valence-corrected chi connectivity index (χ2v) is 8.24. The molecule has 1 aliphatic rings. The monoisotopic (exact) mass is 405 g/mol. The van der Waals surface area contributed by atoms with Crippen molar-refractivity contribution in [3.63, 3.8) is 0 Å². The molecule has 0 radical (unpaired) electrons. The van der Waals surface area contributed by atoms with Crippen molar-refractivity contribution >= 4 is 51.7 Å². The highest BCUT2D eigenvalue weighted by atomic mass is 32.2. The SMILES string of the molecule is CN(C)c1ccc(-n2cccc2/C=C2/SC(=S)N(c3ccccc3)C2=O)cc1. The molecule has 1 aromatic heterocycles. The molecule has 0 bridgehead atoms. The van der Waals surface area contributed by atoms with E-state index in [-0.39, 0.29) is 5.91 Å². The van der Waals surface area contributed by atoms with Gasteiger partial charge in [0.2, 0.25) is 0 Å². The standard InChI is InChI=1S/C22H19N3OS2/c1-23(2)16-10-12-17(13-11-16)24-14-6-9-19(24)15-20-21(26)25(22(27)28-20)18-7-4-3-5-8-18/h3-15H,1-2H3/b20-15+. The van der Waals surface area contributed by atoms with Crippen molar-refractivity contribution in [3.05, 3.63) is 83.5 Å². The lowest BCUT2D eigenvalue weighted by Gasteiger charge is -2.14. The van der Waals surface area contributed by atoms with Crippen LogP contribution in [-0.4, -0.2) is 28.9 Å². The zero-order valence-corrected chi connectivity index (χ0v) is 17.2. The van der Waals surface area contributed by atoms with Gasteiger partial charge in [0.1, 0.15) is 0 Å². The van der Waals surface area contributed by atoms with Crippen LogP contribution in [0.2, 0.25) is 0 Å². The highest BCUT2D eigenvalue weighted by molar-refractivity contribution is 8.27. The molecule has 140 valence electrons. The molecule has 2 heterocycles. The number of hydrogen-bond acceptors (Lipinski definition) is 4. The highest BCUT2D eigenvalue weighted by Gasteiger charge is 2.33. The van der Waals surface area contributed by atoms with Gasteiger partial charge in [0.25, 0.3) is 5.91 Å². The van der Waals surface area contributed by atoms with Gasteiger partial charge in [0, 0.05) is 37.4 Å². The summed E-state index contributed by atoms with van der Waals surface area (Å²) in [6, 6.07) is 21.8. The molecule has 0 spiro atoms. The van der Waals surface area contributed by atoms with Gasteiger partial charge in [-0.3, -0.25) is 9.69 Å².